The molecule has 0 saturated carbocycles. The van der Waals surface area contributed by atoms with Crippen molar-refractivity contribution in [3.8, 4) is 0 Å². The quantitative estimate of drug-likeness (QED) is 0.743. The van der Waals surface area contributed by atoms with Gasteiger partial charge in [0, 0.05) is 18.3 Å². The zero-order chi connectivity index (χ0) is 13.8. The molecule has 0 aliphatic carbocycles. The topological polar surface area (TPSA) is 99.0 Å². The van der Waals surface area contributed by atoms with E-state index in [0.29, 0.717) is 24.5 Å². The van der Waals surface area contributed by atoms with Crippen molar-refractivity contribution in [1.29, 1.82) is 0 Å². The highest BCUT2D eigenvalue weighted by Gasteiger charge is 2.06. The van der Waals surface area contributed by atoms with Gasteiger partial charge in [-0.15, -0.1) is 0 Å². The molecule has 0 aliphatic heterocycles. The average molecular weight is 263 g/mol. The molecule has 0 bridgehead atoms. The largest absolute Gasteiger partial charge is 0.396 e. The third-order valence-corrected chi connectivity index (χ3v) is 2.56. The number of primary amides is 1. The lowest BCUT2D eigenvalue weighted by Gasteiger charge is -2.08. The van der Waals surface area contributed by atoms with Crippen LogP contribution in [0.5, 0.6) is 0 Å². The molecule has 6 nitrogen and oxygen atoms in total. The summed E-state index contributed by atoms with van der Waals surface area (Å²) in [5.41, 5.74) is 11.6. The number of nitrogen functional groups attached to an aromatic ring is 1. The number of nitrogens with zero attached hydrogens (tertiary/aromatic N) is 2. The normalized spacial score (nSPS) is 10.4. The van der Waals surface area contributed by atoms with Gasteiger partial charge in [0.1, 0.15) is 5.82 Å². The highest BCUT2D eigenvalue weighted by molar-refractivity contribution is 5.93. The molecule has 0 aliphatic rings. The van der Waals surface area contributed by atoms with Gasteiger partial charge in [-0.05, 0) is 18.2 Å². The molecule has 0 spiro atoms. The number of rotatable bonds is 5. The van der Waals surface area contributed by atoms with E-state index in [-0.39, 0.29) is 5.56 Å². The predicted molar refractivity (Wildman–Crippen MR) is 70.0 cm³/mol. The van der Waals surface area contributed by atoms with Crippen LogP contribution in [0.3, 0.4) is 0 Å². The number of nitrogens with two attached hydrogens (primary N) is 2. The summed E-state index contributed by atoms with van der Waals surface area (Å²) in [5.74, 6) is -1.17. The molecular formula is C12H14FN5O. The van der Waals surface area contributed by atoms with Crippen LogP contribution in [0.25, 0.3) is 0 Å². The minimum absolute atomic E-state index is 0.142. The van der Waals surface area contributed by atoms with E-state index in [1.165, 1.54) is 12.1 Å². The lowest BCUT2D eigenvalue weighted by molar-refractivity contribution is 0.1000. The molecule has 19 heavy (non-hydrogen) atoms. The van der Waals surface area contributed by atoms with Crippen LogP contribution in [0, 0.1) is 5.82 Å². The van der Waals surface area contributed by atoms with Crippen LogP contribution in [0.1, 0.15) is 10.4 Å². The number of hydrogen-bond donors (Lipinski definition) is 3. The van der Waals surface area contributed by atoms with Crippen molar-refractivity contribution >= 4 is 17.3 Å². The Labute approximate surface area is 109 Å². The lowest BCUT2D eigenvalue weighted by Crippen LogP contribution is -2.14. The minimum atomic E-state index is -0.655. The summed E-state index contributed by atoms with van der Waals surface area (Å²) in [6, 6.07) is 4.06. The van der Waals surface area contributed by atoms with Gasteiger partial charge in [0.25, 0.3) is 0 Å². The van der Waals surface area contributed by atoms with Gasteiger partial charge in [-0.2, -0.15) is 5.10 Å². The van der Waals surface area contributed by atoms with E-state index in [4.69, 9.17) is 11.5 Å². The fourth-order valence-electron chi connectivity index (χ4n) is 1.62. The molecule has 1 amide bonds. The number of benzene rings is 1. The zero-order valence-electron chi connectivity index (χ0n) is 10.1. The standard InChI is InChI=1S/C12H14FN5O/c13-10-5-8(12(15)19)1-2-11(10)16-3-4-18-7-9(14)6-17-18/h1-2,5-7,16H,3-4,14H2,(H2,15,19). The Balaban J connectivity index is 1.94. The Bertz CT molecular complexity index is 596. The van der Waals surface area contributed by atoms with E-state index in [1.807, 2.05) is 0 Å². The number of halogens is 1. The summed E-state index contributed by atoms with van der Waals surface area (Å²) in [6.45, 7) is 1.03. The first-order chi connectivity index (χ1) is 9.06. The zero-order valence-corrected chi connectivity index (χ0v) is 10.1. The van der Waals surface area contributed by atoms with E-state index in [0.717, 1.165) is 6.07 Å². The Hall–Kier alpha value is -2.57. The number of aromatic nitrogens is 2. The van der Waals surface area contributed by atoms with Crippen LogP contribution >= 0.6 is 0 Å². The van der Waals surface area contributed by atoms with Gasteiger partial charge in [0.05, 0.1) is 24.1 Å². The van der Waals surface area contributed by atoms with Crippen molar-refractivity contribution in [1.82, 2.24) is 9.78 Å². The maximum Gasteiger partial charge on any atom is 0.248 e. The van der Waals surface area contributed by atoms with Gasteiger partial charge in [-0.1, -0.05) is 0 Å². The molecule has 1 aromatic heterocycles. The smallest absolute Gasteiger partial charge is 0.248 e. The summed E-state index contributed by atoms with van der Waals surface area (Å²) in [7, 11) is 0. The molecule has 0 atom stereocenters. The first-order valence-corrected chi connectivity index (χ1v) is 5.67. The SMILES string of the molecule is NC(=O)c1ccc(NCCn2cc(N)cn2)c(F)c1. The van der Waals surface area contributed by atoms with Crippen molar-refractivity contribution in [3.05, 3.63) is 42.0 Å². The summed E-state index contributed by atoms with van der Waals surface area (Å²) in [6.07, 6.45) is 3.23. The van der Waals surface area contributed by atoms with E-state index in [2.05, 4.69) is 10.4 Å². The summed E-state index contributed by atoms with van der Waals surface area (Å²) >= 11 is 0. The van der Waals surface area contributed by atoms with Crippen LogP contribution in [0.15, 0.2) is 30.6 Å². The third kappa shape index (κ3) is 3.21. The van der Waals surface area contributed by atoms with E-state index in [1.54, 1.807) is 17.1 Å². The van der Waals surface area contributed by atoms with Crippen molar-refractivity contribution in [2.75, 3.05) is 17.6 Å². The third-order valence-electron chi connectivity index (χ3n) is 2.56. The summed E-state index contributed by atoms with van der Waals surface area (Å²) < 4.78 is 15.3. The molecule has 2 aromatic rings. The molecule has 7 heteroatoms. The van der Waals surface area contributed by atoms with Crippen LogP contribution in [0.2, 0.25) is 0 Å². The first kappa shape index (κ1) is 12.9. The number of carbonyl (C=O) groups excluding carboxylic acids is 1. The maximum atomic E-state index is 13.6. The highest BCUT2D eigenvalue weighted by atomic mass is 19.1. The van der Waals surface area contributed by atoms with Crippen molar-refractivity contribution in [3.63, 3.8) is 0 Å². The average Bonchev–Trinajstić information content (AvgIpc) is 2.77. The molecule has 0 saturated heterocycles. The monoisotopic (exact) mass is 263 g/mol. The summed E-state index contributed by atoms with van der Waals surface area (Å²) in [4.78, 5) is 10.9. The highest BCUT2D eigenvalue weighted by Crippen LogP contribution is 2.15. The second kappa shape index (κ2) is 5.38. The molecule has 0 radical (unpaired) electrons. The van der Waals surface area contributed by atoms with Gasteiger partial charge in [0.15, 0.2) is 0 Å². The minimum Gasteiger partial charge on any atom is -0.396 e. The molecule has 5 N–H and O–H groups in total. The fourth-order valence-corrected chi connectivity index (χ4v) is 1.62. The second-order valence-corrected chi connectivity index (χ2v) is 4.02. The van der Waals surface area contributed by atoms with Gasteiger partial charge < -0.3 is 16.8 Å². The number of anilines is 2. The van der Waals surface area contributed by atoms with Gasteiger partial charge in [-0.3, -0.25) is 9.48 Å². The van der Waals surface area contributed by atoms with Gasteiger partial charge in [-0.25, -0.2) is 4.39 Å². The molecule has 0 unspecified atom stereocenters. The van der Waals surface area contributed by atoms with Crippen molar-refractivity contribution in [2.45, 2.75) is 6.54 Å². The lowest BCUT2D eigenvalue weighted by atomic mass is 10.2. The van der Waals surface area contributed by atoms with Crippen LogP contribution < -0.4 is 16.8 Å². The Morgan fingerprint density at radius 2 is 2.26 bits per heavy atom. The fraction of sp³-hybridized carbons (Fsp3) is 0.167. The van der Waals surface area contributed by atoms with E-state index in [9.17, 15) is 9.18 Å². The number of hydrogen-bond acceptors (Lipinski definition) is 4. The van der Waals surface area contributed by atoms with Crippen LogP contribution in [-0.4, -0.2) is 22.2 Å². The Morgan fingerprint density at radius 1 is 1.47 bits per heavy atom. The number of nitrogens with one attached hydrogen (secondary N) is 1. The molecular weight excluding hydrogens is 249 g/mol. The molecule has 100 valence electrons. The molecule has 1 aromatic carbocycles. The number of amides is 1. The van der Waals surface area contributed by atoms with Gasteiger partial charge >= 0.3 is 0 Å². The van der Waals surface area contributed by atoms with Crippen LogP contribution in [-0.2, 0) is 6.54 Å². The first-order valence-electron chi connectivity index (χ1n) is 5.67. The Morgan fingerprint density at radius 3 is 2.84 bits per heavy atom. The molecule has 1 heterocycles. The van der Waals surface area contributed by atoms with Crippen molar-refractivity contribution in [2.24, 2.45) is 5.73 Å². The predicted octanol–water partition coefficient (Wildman–Crippen LogP) is 0.815. The maximum absolute atomic E-state index is 13.6. The van der Waals surface area contributed by atoms with Crippen LogP contribution in [0.4, 0.5) is 15.8 Å². The van der Waals surface area contributed by atoms with Gasteiger partial charge in [0.2, 0.25) is 5.91 Å². The van der Waals surface area contributed by atoms with Crippen molar-refractivity contribution < 1.29 is 9.18 Å². The van der Waals surface area contributed by atoms with E-state index < -0.39 is 11.7 Å². The molecule has 2 rings (SSSR count). The van der Waals surface area contributed by atoms with E-state index >= 15 is 0 Å². The second-order valence-electron chi connectivity index (χ2n) is 4.02. The summed E-state index contributed by atoms with van der Waals surface area (Å²) in [5, 5.41) is 6.91. The molecule has 0 fully saturated rings. The Kier molecular flexibility index (Phi) is 3.65. The number of carbonyl (C=O) groups is 1.